The van der Waals surface area contributed by atoms with Gasteiger partial charge in [0, 0.05) is 17.5 Å². The Morgan fingerprint density at radius 2 is 1.75 bits per heavy atom. The van der Waals surface area contributed by atoms with Crippen LogP contribution in [0.4, 0.5) is 5.82 Å². The summed E-state index contributed by atoms with van der Waals surface area (Å²) in [5.41, 5.74) is 10.8. The monoisotopic (exact) mass is 476 g/mol. The molecule has 178 valence electrons. The Bertz CT molecular complexity index is 1570. The fourth-order valence-electron chi connectivity index (χ4n) is 3.90. The van der Waals surface area contributed by atoms with E-state index in [4.69, 9.17) is 15.2 Å². The molecule has 0 aliphatic heterocycles. The van der Waals surface area contributed by atoms with Gasteiger partial charge in [-0.1, -0.05) is 60.4 Å². The molecule has 7 nitrogen and oxygen atoms in total. The highest BCUT2D eigenvalue weighted by Gasteiger charge is 2.11. The highest BCUT2D eigenvalue weighted by Crippen LogP contribution is 2.26. The molecule has 0 aliphatic carbocycles. The van der Waals surface area contributed by atoms with E-state index in [9.17, 15) is 4.79 Å². The number of hydrogen-bond donors (Lipinski definition) is 1. The molecule has 0 atom stereocenters. The van der Waals surface area contributed by atoms with Crippen molar-refractivity contribution in [3.05, 3.63) is 102 Å². The number of esters is 1. The third-order valence-electron chi connectivity index (χ3n) is 5.70. The minimum Gasteiger partial charge on any atom is -0.457 e. The van der Waals surface area contributed by atoms with Crippen molar-refractivity contribution in [2.24, 2.45) is 0 Å². The van der Waals surface area contributed by atoms with Crippen LogP contribution in [0.15, 0.2) is 85.2 Å². The quantitative estimate of drug-likeness (QED) is 0.210. The number of carbonyl (C=O) groups is 1. The number of anilines is 1. The van der Waals surface area contributed by atoms with Crippen LogP contribution >= 0.6 is 0 Å². The van der Waals surface area contributed by atoms with Crippen molar-refractivity contribution in [3.63, 3.8) is 0 Å². The number of ether oxygens (including phenoxy) is 2. The Morgan fingerprint density at radius 3 is 2.58 bits per heavy atom. The first kappa shape index (κ1) is 23.1. The molecule has 0 fully saturated rings. The van der Waals surface area contributed by atoms with Crippen LogP contribution in [0.1, 0.15) is 21.5 Å². The molecule has 0 aliphatic rings. The number of pyridine rings is 1. The van der Waals surface area contributed by atoms with Gasteiger partial charge in [0.15, 0.2) is 5.82 Å². The van der Waals surface area contributed by atoms with E-state index in [1.54, 1.807) is 30.6 Å². The summed E-state index contributed by atoms with van der Waals surface area (Å²) in [7, 11) is 0. The smallest absolute Gasteiger partial charge is 0.338 e. The SMILES string of the molecule is Nc1nc2ccccc2c2c1ncn2CCOCC#Cc1ccc(C(=O)OCc2ccccc2)cc1. The number of aromatic nitrogens is 3. The lowest BCUT2D eigenvalue weighted by Gasteiger charge is -2.07. The molecule has 2 heterocycles. The number of hydrogen-bond acceptors (Lipinski definition) is 6. The normalized spacial score (nSPS) is 10.8. The molecule has 0 radical (unpaired) electrons. The van der Waals surface area contributed by atoms with Crippen LogP contribution in [0.2, 0.25) is 0 Å². The van der Waals surface area contributed by atoms with Gasteiger partial charge in [0.25, 0.3) is 0 Å². The first-order valence-electron chi connectivity index (χ1n) is 11.6. The number of nitrogens with zero attached hydrogens (tertiary/aromatic N) is 3. The minimum atomic E-state index is -0.362. The second-order valence-corrected chi connectivity index (χ2v) is 8.14. The van der Waals surface area contributed by atoms with Crippen LogP contribution in [-0.2, 0) is 22.6 Å². The standard InChI is InChI=1S/C29H24N4O3/c30-28-26-27(24-10-4-5-11-25(24)32-28)33(20-31-26)16-18-35-17-6-9-21-12-14-23(15-13-21)29(34)36-19-22-7-2-1-3-8-22/h1-5,7-8,10-15,20H,16-19H2,(H2,30,32). The third kappa shape index (κ3) is 5.19. The van der Waals surface area contributed by atoms with Crippen molar-refractivity contribution in [2.75, 3.05) is 18.9 Å². The number of nitrogens with two attached hydrogens (primary N) is 1. The Hall–Kier alpha value is -4.67. The van der Waals surface area contributed by atoms with E-state index in [2.05, 4.69) is 21.8 Å². The molecule has 0 saturated heterocycles. The van der Waals surface area contributed by atoms with Gasteiger partial charge in [-0.25, -0.2) is 14.8 Å². The zero-order valence-electron chi connectivity index (χ0n) is 19.6. The van der Waals surface area contributed by atoms with Crippen LogP contribution in [0, 0.1) is 11.8 Å². The van der Waals surface area contributed by atoms with Gasteiger partial charge < -0.3 is 19.8 Å². The van der Waals surface area contributed by atoms with Crippen LogP contribution < -0.4 is 5.73 Å². The molecular weight excluding hydrogens is 452 g/mol. The zero-order valence-corrected chi connectivity index (χ0v) is 19.6. The van der Waals surface area contributed by atoms with Gasteiger partial charge >= 0.3 is 5.97 Å². The van der Waals surface area contributed by atoms with Crippen molar-refractivity contribution in [3.8, 4) is 11.8 Å². The van der Waals surface area contributed by atoms with Crippen LogP contribution in [-0.4, -0.2) is 33.7 Å². The van der Waals surface area contributed by atoms with Crippen molar-refractivity contribution in [1.29, 1.82) is 0 Å². The predicted octanol–water partition coefficient (Wildman–Crippen LogP) is 4.59. The maximum absolute atomic E-state index is 12.2. The minimum absolute atomic E-state index is 0.244. The maximum atomic E-state index is 12.2. The molecule has 5 rings (SSSR count). The summed E-state index contributed by atoms with van der Waals surface area (Å²) in [5, 5.41) is 1.01. The van der Waals surface area contributed by atoms with Gasteiger partial charge in [-0.15, -0.1) is 0 Å². The van der Waals surface area contributed by atoms with Crippen molar-refractivity contribution < 1.29 is 14.3 Å². The van der Waals surface area contributed by atoms with Crippen LogP contribution in [0.25, 0.3) is 21.9 Å². The second kappa shape index (κ2) is 10.7. The van der Waals surface area contributed by atoms with Gasteiger partial charge in [-0.05, 0) is 35.9 Å². The average Bonchev–Trinajstić information content (AvgIpc) is 3.35. The summed E-state index contributed by atoms with van der Waals surface area (Å²) in [4.78, 5) is 21.1. The number of fused-ring (bicyclic) bond motifs is 3. The van der Waals surface area contributed by atoms with E-state index in [0.29, 0.717) is 30.0 Å². The van der Waals surface area contributed by atoms with Gasteiger partial charge in [0.05, 0.1) is 29.5 Å². The van der Waals surface area contributed by atoms with Crippen LogP contribution in [0.3, 0.4) is 0 Å². The molecule has 2 aromatic heterocycles. The van der Waals surface area contributed by atoms with E-state index >= 15 is 0 Å². The fourth-order valence-corrected chi connectivity index (χ4v) is 3.90. The molecule has 0 amide bonds. The molecule has 0 spiro atoms. The van der Waals surface area contributed by atoms with Gasteiger partial charge in [-0.3, -0.25) is 0 Å². The highest BCUT2D eigenvalue weighted by molar-refractivity contribution is 6.06. The average molecular weight is 477 g/mol. The number of carbonyl (C=O) groups excluding carboxylic acids is 1. The van der Waals surface area contributed by atoms with E-state index in [1.165, 1.54) is 0 Å². The summed E-state index contributed by atoms with van der Waals surface area (Å²) in [6.45, 7) is 1.63. The predicted molar refractivity (Wildman–Crippen MR) is 139 cm³/mol. The van der Waals surface area contributed by atoms with E-state index < -0.39 is 0 Å². The molecule has 7 heteroatoms. The van der Waals surface area contributed by atoms with Gasteiger partial charge in [0.2, 0.25) is 0 Å². The topological polar surface area (TPSA) is 92.3 Å². The summed E-state index contributed by atoms with van der Waals surface area (Å²) >= 11 is 0. The first-order chi connectivity index (χ1) is 17.7. The Labute approximate surface area is 208 Å². The van der Waals surface area contributed by atoms with Gasteiger partial charge in [0.1, 0.15) is 18.7 Å². The first-order valence-corrected chi connectivity index (χ1v) is 11.6. The molecule has 36 heavy (non-hydrogen) atoms. The number of benzene rings is 3. The molecular formula is C29H24N4O3. The van der Waals surface area contributed by atoms with E-state index in [1.807, 2.05) is 59.2 Å². The van der Waals surface area contributed by atoms with E-state index in [-0.39, 0.29) is 19.2 Å². The molecule has 0 saturated carbocycles. The van der Waals surface area contributed by atoms with Crippen LogP contribution in [0.5, 0.6) is 0 Å². The number of para-hydroxylation sites is 1. The Morgan fingerprint density at radius 1 is 0.972 bits per heavy atom. The molecule has 0 unspecified atom stereocenters. The molecule has 3 aromatic carbocycles. The summed E-state index contributed by atoms with van der Waals surface area (Å²) in [5.74, 6) is 6.12. The largest absolute Gasteiger partial charge is 0.457 e. The molecule has 5 aromatic rings. The third-order valence-corrected chi connectivity index (χ3v) is 5.70. The van der Waals surface area contributed by atoms with Crippen molar-refractivity contribution in [2.45, 2.75) is 13.2 Å². The molecule has 2 N–H and O–H groups in total. The Kier molecular flexibility index (Phi) is 6.88. The number of nitrogen functional groups attached to an aromatic ring is 1. The zero-order chi connectivity index (χ0) is 24.7. The summed E-state index contributed by atoms with van der Waals surface area (Å²) in [6, 6.07) is 24.5. The summed E-state index contributed by atoms with van der Waals surface area (Å²) < 4.78 is 13.1. The van der Waals surface area contributed by atoms with Crippen molar-refractivity contribution >= 4 is 33.7 Å². The van der Waals surface area contributed by atoms with Gasteiger partial charge in [-0.2, -0.15) is 0 Å². The maximum Gasteiger partial charge on any atom is 0.338 e. The lowest BCUT2D eigenvalue weighted by molar-refractivity contribution is 0.0472. The Balaban J connectivity index is 1.12. The second-order valence-electron chi connectivity index (χ2n) is 8.14. The lowest BCUT2D eigenvalue weighted by atomic mass is 10.1. The number of rotatable bonds is 7. The van der Waals surface area contributed by atoms with Crippen molar-refractivity contribution in [1.82, 2.24) is 14.5 Å². The summed E-state index contributed by atoms with van der Waals surface area (Å²) in [6.07, 6.45) is 1.76. The highest BCUT2D eigenvalue weighted by atomic mass is 16.5. The van der Waals surface area contributed by atoms with E-state index in [0.717, 1.165) is 27.5 Å². The number of imidazole rings is 1. The fraction of sp³-hybridized carbons (Fsp3) is 0.138. The molecule has 0 bridgehead atoms. The lowest BCUT2D eigenvalue weighted by Crippen LogP contribution is -2.06.